The Morgan fingerprint density at radius 1 is 1.03 bits per heavy atom. The Morgan fingerprint density at radius 2 is 1.87 bits per heavy atom. The van der Waals surface area contributed by atoms with Crippen LogP contribution in [0.5, 0.6) is 0 Å². The minimum atomic E-state index is 0.0188. The molecule has 6 heteroatoms. The highest BCUT2D eigenvalue weighted by Crippen LogP contribution is 2.19. The molecule has 0 fully saturated rings. The molecular formula is C24H30N4O2. The smallest absolute Gasteiger partial charge is 0.253 e. The van der Waals surface area contributed by atoms with E-state index in [0.717, 1.165) is 54.2 Å². The summed E-state index contributed by atoms with van der Waals surface area (Å²) in [5.74, 6) is 1.75. The maximum Gasteiger partial charge on any atom is 0.253 e. The Kier molecular flexibility index (Phi) is 7.49. The summed E-state index contributed by atoms with van der Waals surface area (Å²) in [6.45, 7) is 4.22. The molecule has 158 valence electrons. The molecule has 30 heavy (non-hydrogen) atoms. The molecule has 1 heterocycles. The van der Waals surface area contributed by atoms with E-state index in [-0.39, 0.29) is 5.91 Å². The fourth-order valence-electron chi connectivity index (χ4n) is 3.22. The predicted molar refractivity (Wildman–Crippen MR) is 122 cm³/mol. The first-order valence-corrected chi connectivity index (χ1v) is 10.4. The van der Waals surface area contributed by atoms with Gasteiger partial charge in [0.25, 0.3) is 5.91 Å². The van der Waals surface area contributed by atoms with Crippen LogP contribution in [0.4, 0.5) is 0 Å². The molecule has 2 aromatic carbocycles. The molecule has 0 radical (unpaired) electrons. The molecule has 6 nitrogen and oxygen atoms in total. The first-order valence-electron chi connectivity index (χ1n) is 10.4. The molecule has 3 rings (SSSR count). The number of aliphatic imine (C=N–C) groups is 1. The van der Waals surface area contributed by atoms with Gasteiger partial charge in [-0.2, -0.15) is 0 Å². The number of nitrogens with one attached hydrogen (secondary N) is 2. The van der Waals surface area contributed by atoms with Crippen molar-refractivity contribution in [3.05, 3.63) is 71.5 Å². The highest BCUT2D eigenvalue weighted by atomic mass is 16.3. The number of benzene rings is 2. The number of carbonyl (C=O) groups is 1. The molecule has 0 saturated carbocycles. The molecule has 0 aliphatic heterocycles. The Balaban J connectivity index is 1.52. The number of guanidine groups is 1. The van der Waals surface area contributed by atoms with Crippen molar-refractivity contribution in [2.75, 3.05) is 33.7 Å². The molecule has 1 amide bonds. The second kappa shape index (κ2) is 10.5. The molecule has 0 atom stereocenters. The maximum absolute atomic E-state index is 12.1. The van der Waals surface area contributed by atoms with E-state index in [2.05, 4.69) is 27.8 Å². The third-order valence-electron chi connectivity index (χ3n) is 4.74. The zero-order valence-corrected chi connectivity index (χ0v) is 17.9. The van der Waals surface area contributed by atoms with E-state index in [1.807, 2.05) is 49.4 Å². The van der Waals surface area contributed by atoms with Crippen molar-refractivity contribution in [1.29, 1.82) is 0 Å². The summed E-state index contributed by atoms with van der Waals surface area (Å²) < 4.78 is 5.86. The van der Waals surface area contributed by atoms with Crippen molar-refractivity contribution in [3.63, 3.8) is 0 Å². The minimum Gasteiger partial charge on any atom is -0.461 e. The molecule has 0 spiro atoms. The minimum absolute atomic E-state index is 0.0188. The van der Waals surface area contributed by atoms with E-state index >= 15 is 0 Å². The average molecular weight is 407 g/mol. The summed E-state index contributed by atoms with van der Waals surface area (Å²) in [5.41, 5.74) is 2.74. The lowest BCUT2D eigenvalue weighted by molar-refractivity contribution is 0.0827. The summed E-state index contributed by atoms with van der Waals surface area (Å²) in [5, 5.41) is 7.76. The Labute approximate surface area is 178 Å². The SMILES string of the molecule is CCNC(=NCCc1cc2ccccc2o1)NCCc1cccc(C(=O)N(C)C)c1. The van der Waals surface area contributed by atoms with Crippen molar-refractivity contribution in [1.82, 2.24) is 15.5 Å². The van der Waals surface area contributed by atoms with Crippen LogP contribution in [0.1, 0.15) is 28.6 Å². The van der Waals surface area contributed by atoms with Crippen LogP contribution in [0.25, 0.3) is 11.0 Å². The molecule has 0 aliphatic rings. The zero-order valence-electron chi connectivity index (χ0n) is 17.9. The standard InChI is InChI=1S/C24H30N4O2/c1-4-25-24(27-15-13-21-17-19-9-5-6-11-22(19)30-21)26-14-12-18-8-7-10-20(16-18)23(29)28(2)3/h5-11,16-17H,4,12-15H2,1-3H3,(H2,25,26,27). The van der Waals surface area contributed by atoms with Gasteiger partial charge in [-0.3, -0.25) is 9.79 Å². The number of hydrogen-bond acceptors (Lipinski definition) is 3. The van der Waals surface area contributed by atoms with Gasteiger partial charge in [0.15, 0.2) is 5.96 Å². The first-order chi connectivity index (χ1) is 14.6. The second-order valence-corrected chi connectivity index (χ2v) is 7.34. The van der Waals surface area contributed by atoms with Gasteiger partial charge in [0.2, 0.25) is 0 Å². The van der Waals surface area contributed by atoms with Crippen LogP contribution in [0.2, 0.25) is 0 Å². The number of furan rings is 1. The van der Waals surface area contributed by atoms with Gasteiger partial charge in [0.1, 0.15) is 11.3 Å². The summed E-state index contributed by atoms with van der Waals surface area (Å²) in [4.78, 5) is 18.4. The Morgan fingerprint density at radius 3 is 2.63 bits per heavy atom. The predicted octanol–water partition coefficient (Wildman–Crippen LogP) is 3.47. The van der Waals surface area contributed by atoms with Gasteiger partial charge >= 0.3 is 0 Å². The summed E-state index contributed by atoms with van der Waals surface area (Å²) in [6, 6.07) is 17.9. The number of para-hydroxylation sites is 1. The molecule has 0 saturated heterocycles. The normalized spacial score (nSPS) is 11.5. The Hall–Kier alpha value is -3.28. The van der Waals surface area contributed by atoms with E-state index in [0.29, 0.717) is 12.1 Å². The number of fused-ring (bicyclic) bond motifs is 1. The van der Waals surface area contributed by atoms with Crippen LogP contribution in [-0.2, 0) is 12.8 Å². The van der Waals surface area contributed by atoms with E-state index < -0.39 is 0 Å². The number of rotatable bonds is 8. The molecular weight excluding hydrogens is 376 g/mol. The number of carbonyl (C=O) groups excluding carboxylic acids is 1. The van der Waals surface area contributed by atoms with Crippen molar-refractivity contribution >= 4 is 22.8 Å². The quantitative estimate of drug-likeness (QED) is 0.444. The lowest BCUT2D eigenvalue weighted by atomic mass is 10.1. The lowest BCUT2D eigenvalue weighted by Crippen LogP contribution is -2.38. The highest BCUT2D eigenvalue weighted by molar-refractivity contribution is 5.94. The molecule has 0 bridgehead atoms. The van der Waals surface area contributed by atoms with Crippen molar-refractivity contribution in [2.45, 2.75) is 19.8 Å². The van der Waals surface area contributed by atoms with Gasteiger partial charge in [-0.15, -0.1) is 0 Å². The van der Waals surface area contributed by atoms with E-state index in [9.17, 15) is 4.79 Å². The largest absolute Gasteiger partial charge is 0.461 e. The molecule has 3 aromatic rings. The summed E-state index contributed by atoms with van der Waals surface area (Å²) in [7, 11) is 3.53. The molecule has 0 unspecified atom stereocenters. The second-order valence-electron chi connectivity index (χ2n) is 7.34. The van der Waals surface area contributed by atoms with Crippen LogP contribution in [0, 0.1) is 0 Å². The lowest BCUT2D eigenvalue weighted by Gasteiger charge is -2.13. The van der Waals surface area contributed by atoms with Gasteiger partial charge in [-0.25, -0.2) is 0 Å². The van der Waals surface area contributed by atoms with Gasteiger partial charge in [-0.1, -0.05) is 30.3 Å². The van der Waals surface area contributed by atoms with E-state index in [1.54, 1.807) is 19.0 Å². The third-order valence-corrected chi connectivity index (χ3v) is 4.74. The van der Waals surface area contributed by atoms with Crippen molar-refractivity contribution in [2.24, 2.45) is 4.99 Å². The van der Waals surface area contributed by atoms with Crippen LogP contribution >= 0.6 is 0 Å². The van der Waals surface area contributed by atoms with E-state index in [1.165, 1.54) is 0 Å². The molecule has 1 aromatic heterocycles. The fraction of sp³-hybridized carbons (Fsp3) is 0.333. The number of amides is 1. The van der Waals surface area contributed by atoms with Gasteiger partial charge in [0, 0.05) is 51.1 Å². The maximum atomic E-state index is 12.1. The van der Waals surface area contributed by atoms with Gasteiger partial charge in [0.05, 0.1) is 0 Å². The highest BCUT2D eigenvalue weighted by Gasteiger charge is 2.08. The number of hydrogen-bond donors (Lipinski definition) is 2. The summed E-state index contributed by atoms with van der Waals surface area (Å²) >= 11 is 0. The van der Waals surface area contributed by atoms with E-state index in [4.69, 9.17) is 4.42 Å². The van der Waals surface area contributed by atoms with Crippen molar-refractivity contribution in [3.8, 4) is 0 Å². The molecule has 0 aliphatic carbocycles. The van der Waals surface area contributed by atoms with Gasteiger partial charge < -0.3 is 20.0 Å². The zero-order chi connectivity index (χ0) is 21.3. The first kappa shape index (κ1) is 21.4. The average Bonchev–Trinajstić information content (AvgIpc) is 3.16. The van der Waals surface area contributed by atoms with Crippen molar-refractivity contribution < 1.29 is 9.21 Å². The Bertz CT molecular complexity index is 974. The van der Waals surface area contributed by atoms with Gasteiger partial charge in [-0.05, 0) is 43.2 Å². The number of nitrogens with zero attached hydrogens (tertiary/aromatic N) is 2. The summed E-state index contributed by atoms with van der Waals surface area (Å²) in [6.07, 6.45) is 1.56. The third kappa shape index (κ3) is 5.86. The van der Waals surface area contributed by atoms with Crippen LogP contribution < -0.4 is 10.6 Å². The fourth-order valence-corrected chi connectivity index (χ4v) is 3.22. The molecule has 2 N–H and O–H groups in total. The van der Waals surface area contributed by atoms with Crippen LogP contribution in [-0.4, -0.2) is 50.5 Å². The van der Waals surface area contributed by atoms with Crippen LogP contribution in [0.3, 0.4) is 0 Å². The topological polar surface area (TPSA) is 69.9 Å². The van der Waals surface area contributed by atoms with Crippen LogP contribution in [0.15, 0.2) is 64.0 Å². The monoisotopic (exact) mass is 406 g/mol.